The molecule has 0 fully saturated rings. The second-order valence-corrected chi connectivity index (χ2v) is 10.3. The van der Waals surface area contributed by atoms with Crippen LogP contribution in [0.15, 0.2) is 65.6 Å². The van der Waals surface area contributed by atoms with Gasteiger partial charge in [0.05, 0.1) is 6.61 Å². The SMILES string of the molecule is Cc1ccc(CC(CCCSc2ccc(CNCCCONO)cc2)c2cc(F)cc(F)c2)cc1C. The molecule has 3 aromatic carbocycles. The fourth-order valence-corrected chi connectivity index (χ4v) is 5.06. The summed E-state index contributed by atoms with van der Waals surface area (Å²) in [6, 6.07) is 18.8. The van der Waals surface area contributed by atoms with Gasteiger partial charge in [0, 0.05) is 17.5 Å². The zero-order valence-corrected chi connectivity index (χ0v) is 21.8. The summed E-state index contributed by atoms with van der Waals surface area (Å²) in [5.74, 6) is -0.0356. The Labute approximate surface area is 217 Å². The second-order valence-electron chi connectivity index (χ2n) is 9.13. The van der Waals surface area contributed by atoms with Crippen molar-refractivity contribution in [1.82, 2.24) is 11.0 Å². The Balaban J connectivity index is 1.51. The number of aryl methyl sites for hydroxylation is 2. The van der Waals surface area contributed by atoms with Crippen LogP contribution < -0.4 is 11.0 Å². The van der Waals surface area contributed by atoms with Gasteiger partial charge in [0.2, 0.25) is 0 Å². The third-order valence-electron chi connectivity index (χ3n) is 6.29. The molecule has 7 heteroatoms. The molecular weight excluding hydrogens is 478 g/mol. The predicted octanol–water partition coefficient (Wildman–Crippen LogP) is 6.87. The Kier molecular flexibility index (Phi) is 11.8. The van der Waals surface area contributed by atoms with E-state index in [-0.39, 0.29) is 5.92 Å². The zero-order valence-electron chi connectivity index (χ0n) is 21.0. The van der Waals surface area contributed by atoms with E-state index in [2.05, 4.69) is 66.5 Å². The van der Waals surface area contributed by atoms with Crippen molar-refractivity contribution in [2.24, 2.45) is 0 Å². The van der Waals surface area contributed by atoms with Gasteiger partial charge in [-0.15, -0.1) is 11.8 Å². The van der Waals surface area contributed by atoms with Gasteiger partial charge in [-0.1, -0.05) is 36.0 Å². The van der Waals surface area contributed by atoms with Crippen LogP contribution in [0.1, 0.15) is 53.0 Å². The normalized spacial score (nSPS) is 12.1. The van der Waals surface area contributed by atoms with Gasteiger partial charge in [0.1, 0.15) is 11.6 Å². The van der Waals surface area contributed by atoms with Crippen molar-refractivity contribution in [3.63, 3.8) is 0 Å². The predicted molar refractivity (Wildman–Crippen MR) is 142 cm³/mol. The summed E-state index contributed by atoms with van der Waals surface area (Å²) < 4.78 is 27.9. The van der Waals surface area contributed by atoms with Gasteiger partial charge in [-0.2, -0.15) is 0 Å². The van der Waals surface area contributed by atoms with E-state index >= 15 is 0 Å². The van der Waals surface area contributed by atoms with Crippen LogP contribution in [-0.4, -0.2) is 24.1 Å². The zero-order chi connectivity index (χ0) is 25.8. The molecule has 0 aliphatic rings. The summed E-state index contributed by atoms with van der Waals surface area (Å²) in [5.41, 5.74) is 7.29. The van der Waals surface area contributed by atoms with Gasteiger partial charge < -0.3 is 5.32 Å². The van der Waals surface area contributed by atoms with E-state index in [0.717, 1.165) is 56.2 Å². The van der Waals surface area contributed by atoms with E-state index in [4.69, 9.17) is 5.21 Å². The Morgan fingerprint density at radius 2 is 1.61 bits per heavy atom. The van der Waals surface area contributed by atoms with Crippen molar-refractivity contribution in [1.29, 1.82) is 0 Å². The molecule has 3 aromatic rings. The van der Waals surface area contributed by atoms with Crippen molar-refractivity contribution >= 4 is 11.8 Å². The van der Waals surface area contributed by atoms with Crippen LogP contribution in [0.4, 0.5) is 8.78 Å². The summed E-state index contributed by atoms with van der Waals surface area (Å²) in [5, 5.41) is 11.7. The lowest BCUT2D eigenvalue weighted by atomic mass is 9.87. The molecule has 0 radical (unpaired) electrons. The maximum absolute atomic E-state index is 14.0. The van der Waals surface area contributed by atoms with E-state index in [9.17, 15) is 8.78 Å². The molecular formula is C29H36F2N2O2S. The molecule has 1 unspecified atom stereocenters. The quantitative estimate of drug-likeness (QED) is 0.117. The van der Waals surface area contributed by atoms with E-state index in [0.29, 0.717) is 6.61 Å². The van der Waals surface area contributed by atoms with Crippen LogP contribution in [-0.2, 0) is 17.8 Å². The van der Waals surface area contributed by atoms with Crippen molar-refractivity contribution in [2.45, 2.75) is 56.9 Å². The van der Waals surface area contributed by atoms with Gasteiger partial charge in [0.15, 0.2) is 0 Å². The number of thioether (sulfide) groups is 1. The largest absolute Gasteiger partial charge is 0.313 e. The molecule has 36 heavy (non-hydrogen) atoms. The summed E-state index contributed by atoms with van der Waals surface area (Å²) >= 11 is 1.81. The fraction of sp³-hybridized carbons (Fsp3) is 0.379. The van der Waals surface area contributed by atoms with Crippen LogP contribution >= 0.6 is 11.8 Å². The molecule has 0 aromatic heterocycles. The van der Waals surface area contributed by atoms with Crippen LogP contribution in [0, 0.1) is 25.5 Å². The number of nitrogens with one attached hydrogen (secondary N) is 2. The summed E-state index contributed by atoms with van der Waals surface area (Å²) in [6.07, 6.45) is 3.38. The molecule has 0 bridgehead atoms. The first-order valence-electron chi connectivity index (χ1n) is 12.4. The standard InChI is InChI=1S/C29H36F2N2O2S/c1-21-6-7-24(15-22(21)2)16-25(26-17-27(30)19-28(31)18-26)5-3-14-36-29-10-8-23(9-11-29)20-32-12-4-13-35-33-34/h6-11,15,17-19,25,32-34H,3-5,12-14,16,20H2,1-2H3. The molecule has 0 heterocycles. The minimum Gasteiger partial charge on any atom is -0.313 e. The number of benzene rings is 3. The fourth-order valence-electron chi connectivity index (χ4n) is 4.18. The lowest BCUT2D eigenvalue weighted by Crippen LogP contribution is -2.18. The van der Waals surface area contributed by atoms with Crippen molar-refractivity contribution in [3.05, 3.63) is 100 Å². The number of rotatable bonds is 15. The highest BCUT2D eigenvalue weighted by atomic mass is 32.2. The van der Waals surface area contributed by atoms with Crippen LogP contribution in [0.3, 0.4) is 0 Å². The third-order valence-corrected chi connectivity index (χ3v) is 7.39. The molecule has 0 aliphatic heterocycles. The molecule has 1 atom stereocenters. The second kappa shape index (κ2) is 15.1. The molecule has 0 spiro atoms. The van der Waals surface area contributed by atoms with E-state index in [1.807, 2.05) is 0 Å². The lowest BCUT2D eigenvalue weighted by Gasteiger charge is -2.19. The summed E-state index contributed by atoms with van der Waals surface area (Å²) in [6.45, 7) is 6.21. The smallest absolute Gasteiger partial charge is 0.126 e. The highest BCUT2D eigenvalue weighted by molar-refractivity contribution is 7.99. The molecule has 0 saturated heterocycles. The lowest BCUT2D eigenvalue weighted by molar-refractivity contribution is -0.127. The Morgan fingerprint density at radius 1 is 0.889 bits per heavy atom. The molecule has 3 rings (SSSR count). The first-order chi connectivity index (χ1) is 17.4. The Hall–Kier alpha value is -2.29. The molecule has 194 valence electrons. The molecule has 0 aliphatic carbocycles. The Morgan fingerprint density at radius 3 is 2.31 bits per heavy atom. The van der Waals surface area contributed by atoms with Crippen LogP contribution in [0.5, 0.6) is 0 Å². The third kappa shape index (κ3) is 9.64. The first-order valence-corrected chi connectivity index (χ1v) is 13.4. The van der Waals surface area contributed by atoms with Gasteiger partial charge in [-0.25, -0.2) is 8.78 Å². The van der Waals surface area contributed by atoms with E-state index in [1.54, 1.807) is 17.4 Å². The maximum Gasteiger partial charge on any atom is 0.126 e. The van der Waals surface area contributed by atoms with Gasteiger partial charge >= 0.3 is 0 Å². The minimum absolute atomic E-state index is 0.0601. The Bertz CT molecular complexity index is 1060. The van der Waals surface area contributed by atoms with Crippen LogP contribution in [0.2, 0.25) is 0 Å². The van der Waals surface area contributed by atoms with Gasteiger partial charge in [0.25, 0.3) is 0 Å². The number of hydrogen-bond acceptors (Lipinski definition) is 5. The molecule has 0 amide bonds. The number of halogens is 2. The van der Waals surface area contributed by atoms with Gasteiger partial charge in [-0.05, 0) is 110 Å². The summed E-state index contributed by atoms with van der Waals surface area (Å²) in [4.78, 5) is 5.88. The van der Waals surface area contributed by atoms with Crippen molar-refractivity contribution in [3.8, 4) is 0 Å². The van der Waals surface area contributed by atoms with Crippen molar-refractivity contribution < 1.29 is 18.8 Å². The molecule has 4 nitrogen and oxygen atoms in total. The average molecular weight is 515 g/mol. The highest BCUT2D eigenvalue weighted by Crippen LogP contribution is 2.30. The van der Waals surface area contributed by atoms with E-state index < -0.39 is 11.6 Å². The van der Waals surface area contributed by atoms with E-state index in [1.165, 1.54) is 39.3 Å². The van der Waals surface area contributed by atoms with Crippen molar-refractivity contribution in [2.75, 3.05) is 18.9 Å². The number of hydrogen-bond donors (Lipinski definition) is 3. The topological polar surface area (TPSA) is 53.5 Å². The minimum atomic E-state index is -0.519. The monoisotopic (exact) mass is 514 g/mol. The highest BCUT2D eigenvalue weighted by Gasteiger charge is 2.15. The maximum atomic E-state index is 14.0. The molecule has 0 saturated carbocycles. The van der Waals surface area contributed by atoms with Gasteiger partial charge in [-0.3, -0.25) is 10.0 Å². The van der Waals surface area contributed by atoms with Crippen LogP contribution in [0.25, 0.3) is 0 Å². The average Bonchev–Trinajstić information content (AvgIpc) is 2.85. The summed E-state index contributed by atoms with van der Waals surface area (Å²) in [7, 11) is 0. The molecule has 3 N–H and O–H groups in total. The first kappa shape index (κ1) is 28.3.